The van der Waals surface area contributed by atoms with Gasteiger partial charge in [0.05, 0.1) is 11.0 Å². The number of anilines is 1. The molecule has 0 radical (unpaired) electrons. The fraction of sp³-hybridized carbons (Fsp3) is 0.174. The summed E-state index contributed by atoms with van der Waals surface area (Å²) in [7, 11) is 0. The van der Waals surface area contributed by atoms with Gasteiger partial charge in [-0.15, -0.1) is 0 Å². The number of piperazine rings is 1. The van der Waals surface area contributed by atoms with E-state index in [0.717, 1.165) is 64.9 Å². The first-order valence-electron chi connectivity index (χ1n) is 10.00. The van der Waals surface area contributed by atoms with Crippen molar-refractivity contribution in [3.05, 3.63) is 66.9 Å². The van der Waals surface area contributed by atoms with Crippen molar-refractivity contribution in [2.24, 2.45) is 0 Å². The molecule has 154 valence electrons. The highest BCUT2D eigenvalue weighted by atomic mass is 35.5. The van der Waals surface area contributed by atoms with Crippen molar-refractivity contribution >= 4 is 45.1 Å². The summed E-state index contributed by atoms with van der Waals surface area (Å²) >= 11 is 6.77. The molecule has 0 saturated carbocycles. The van der Waals surface area contributed by atoms with Crippen LogP contribution in [0, 0.1) is 5.41 Å². The van der Waals surface area contributed by atoms with Crippen molar-refractivity contribution in [1.82, 2.24) is 24.8 Å². The van der Waals surface area contributed by atoms with E-state index in [1.165, 1.54) is 0 Å². The maximum atomic E-state index is 7.96. The summed E-state index contributed by atoms with van der Waals surface area (Å²) in [6.07, 6.45) is 6.52. The summed E-state index contributed by atoms with van der Waals surface area (Å²) in [6.45, 7) is 6.72. The Bertz CT molecular complexity index is 1310. The molecule has 8 heteroatoms. The number of fused-ring (bicyclic) bond motifs is 2. The highest BCUT2D eigenvalue weighted by Gasteiger charge is 2.21. The zero-order valence-corrected chi connectivity index (χ0v) is 17.5. The largest absolute Gasteiger partial charge is 0.354 e. The number of amidine groups is 1. The van der Waals surface area contributed by atoms with Gasteiger partial charge in [0.15, 0.2) is 0 Å². The molecule has 4 aromatic rings. The topological polar surface area (TPSA) is 81.9 Å². The van der Waals surface area contributed by atoms with Gasteiger partial charge < -0.3 is 9.80 Å². The van der Waals surface area contributed by atoms with Gasteiger partial charge in [0.2, 0.25) is 0 Å². The van der Waals surface area contributed by atoms with Gasteiger partial charge in [-0.2, -0.15) is 0 Å². The molecule has 0 unspecified atom stereocenters. The second-order valence-corrected chi connectivity index (χ2v) is 7.78. The Morgan fingerprint density at radius 1 is 1.03 bits per heavy atom. The molecule has 0 aliphatic carbocycles. The minimum absolute atomic E-state index is 0.457. The number of nitrogens with one attached hydrogen (secondary N) is 1. The summed E-state index contributed by atoms with van der Waals surface area (Å²) < 4.78 is 0. The van der Waals surface area contributed by atoms with Crippen LogP contribution >= 0.6 is 11.6 Å². The number of halogens is 1. The number of benzene rings is 2. The number of hydrogen-bond donors (Lipinski definition) is 1. The molecule has 0 amide bonds. The van der Waals surface area contributed by atoms with Gasteiger partial charge >= 0.3 is 0 Å². The van der Waals surface area contributed by atoms with Crippen LogP contribution in [0.3, 0.4) is 0 Å². The number of rotatable bonds is 3. The molecule has 2 aromatic heterocycles. The van der Waals surface area contributed by atoms with Crippen LogP contribution in [0.4, 0.5) is 5.82 Å². The van der Waals surface area contributed by atoms with Crippen molar-refractivity contribution in [1.29, 1.82) is 5.41 Å². The Morgan fingerprint density at radius 2 is 1.87 bits per heavy atom. The Hall–Kier alpha value is -3.58. The molecule has 7 nitrogen and oxygen atoms in total. The zero-order chi connectivity index (χ0) is 21.4. The van der Waals surface area contributed by atoms with Crippen LogP contribution in [0.15, 0.2) is 61.8 Å². The maximum absolute atomic E-state index is 7.96. The third-order valence-corrected chi connectivity index (χ3v) is 5.95. The van der Waals surface area contributed by atoms with Crippen molar-refractivity contribution in [2.45, 2.75) is 0 Å². The van der Waals surface area contributed by atoms with Crippen LogP contribution in [-0.4, -0.2) is 56.9 Å². The van der Waals surface area contributed by atoms with E-state index in [4.69, 9.17) is 17.0 Å². The molecule has 0 bridgehead atoms. The summed E-state index contributed by atoms with van der Waals surface area (Å²) in [5.41, 5.74) is 3.52. The molecule has 1 saturated heterocycles. The van der Waals surface area contributed by atoms with E-state index in [9.17, 15) is 0 Å². The van der Waals surface area contributed by atoms with Crippen molar-refractivity contribution in [3.8, 4) is 11.1 Å². The van der Waals surface area contributed by atoms with Crippen LogP contribution in [-0.2, 0) is 0 Å². The Balaban J connectivity index is 1.55. The molecule has 31 heavy (non-hydrogen) atoms. The lowest BCUT2D eigenvalue weighted by Crippen LogP contribution is -2.48. The van der Waals surface area contributed by atoms with Crippen molar-refractivity contribution < 1.29 is 0 Å². The normalized spacial score (nSPS) is 14.2. The lowest BCUT2D eigenvalue weighted by Gasteiger charge is -2.36. The van der Waals surface area contributed by atoms with Gasteiger partial charge in [-0.05, 0) is 18.2 Å². The third kappa shape index (κ3) is 3.47. The zero-order valence-electron chi connectivity index (χ0n) is 16.8. The van der Waals surface area contributed by atoms with E-state index >= 15 is 0 Å². The molecule has 1 aliphatic rings. The second kappa shape index (κ2) is 7.92. The van der Waals surface area contributed by atoms with Crippen LogP contribution in [0.5, 0.6) is 0 Å². The third-order valence-electron chi connectivity index (χ3n) is 5.64. The molecular formula is C23H20ClN7. The predicted molar refractivity (Wildman–Crippen MR) is 125 cm³/mol. The Morgan fingerprint density at radius 3 is 2.68 bits per heavy atom. The van der Waals surface area contributed by atoms with Crippen LogP contribution in [0.25, 0.3) is 32.9 Å². The van der Waals surface area contributed by atoms with Gasteiger partial charge in [0, 0.05) is 59.3 Å². The fourth-order valence-corrected chi connectivity index (χ4v) is 4.31. The minimum Gasteiger partial charge on any atom is -0.354 e. The van der Waals surface area contributed by atoms with E-state index in [2.05, 4.69) is 31.4 Å². The molecule has 0 spiro atoms. The molecular weight excluding hydrogens is 410 g/mol. The average molecular weight is 430 g/mol. The SMILES string of the molecule is C=CC(=N)N1CCN(c2ncnc3cc(-c4cccc5cncnc45)c(Cl)cc23)CC1. The van der Waals surface area contributed by atoms with Crippen LogP contribution < -0.4 is 4.90 Å². The van der Waals surface area contributed by atoms with Crippen molar-refractivity contribution in [2.75, 3.05) is 31.1 Å². The van der Waals surface area contributed by atoms with E-state index in [1.807, 2.05) is 35.2 Å². The molecule has 5 rings (SSSR count). The fourth-order valence-electron chi connectivity index (χ4n) is 4.04. The summed E-state index contributed by atoms with van der Waals surface area (Å²) in [5.74, 6) is 1.32. The average Bonchev–Trinajstić information content (AvgIpc) is 2.82. The predicted octanol–water partition coefficient (Wildman–Crippen LogP) is 4.18. The smallest absolute Gasteiger partial charge is 0.140 e. The van der Waals surface area contributed by atoms with Crippen molar-refractivity contribution in [3.63, 3.8) is 0 Å². The standard InChI is InChI=1S/C23H20ClN7/c1-2-21(25)30-6-8-31(9-7-30)23-18-10-19(24)17(11-20(18)27-14-29-23)16-5-3-4-15-12-26-13-28-22(15)16/h2-5,10-14,25H,1,6-9H2. The van der Waals surface area contributed by atoms with Gasteiger partial charge in [-0.1, -0.05) is 36.4 Å². The minimum atomic E-state index is 0.457. The van der Waals surface area contributed by atoms with E-state index in [0.29, 0.717) is 10.9 Å². The van der Waals surface area contributed by atoms with Crippen LogP contribution in [0.1, 0.15) is 0 Å². The van der Waals surface area contributed by atoms with Crippen LogP contribution in [0.2, 0.25) is 5.02 Å². The number of nitrogens with zero attached hydrogens (tertiary/aromatic N) is 6. The Kier molecular flexibility index (Phi) is 4.95. The number of aromatic nitrogens is 4. The van der Waals surface area contributed by atoms with Gasteiger partial charge in [0.25, 0.3) is 0 Å². The first-order valence-corrected chi connectivity index (χ1v) is 10.4. The Labute approximate surface area is 184 Å². The quantitative estimate of drug-likeness (QED) is 0.388. The highest BCUT2D eigenvalue weighted by Crippen LogP contribution is 2.37. The molecule has 0 atom stereocenters. The summed E-state index contributed by atoms with van der Waals surface area (Å²) in [4.78, 5) is 21.9. The van der Waals surface area contributed by atoms with E-state index in [-0.39, 0.29) is 0 Å². The second-order valence-electron chi connectivity index (χ2n) is 7.38. The lowest BCUT2D eigenvalue weighted by atomic mass is 10.0. The molecule has 1 fully saturated rings. The van der Waals surface area contributed by atoms with Gasteiger partial charge in [-0.25, -0.2) is 19.9 Å². The van der Waals surface area contributed by atoms with Gasteiger partial charge in [-0.3, -0.25) is 5.41 Å². The summed E-state index contributed by atoms with van der Waals surface area (Å²) in [6, 6.07) is 9.93. The monoisotopic (exact) mass is 429 g/mol. The highest BCUT2D eigenvalue weighted by molar-refractivity contribution is 6.34. The van der Waals surface area contributed by atoms with E-state index < -0.39 is 0 Å². The first kappa shape index (κ1) is 19.4. The molecule has 2 aromatic carbocycles. The molecule has 1 aliphatic heterocycles. The summed E-state index contributed by atoms with van der Waals surface area (Å²) in [5, 5.41) is 10.5. The molecule has 1 N–H and O–H groups in total. The number of para-hydroxylation sites is 1. The van der Waals surface area contributed by atoms with E-state index in [1.54, 1.807) is 24.9 Å². The maximum Gasteiger partial charge on any atom is 0.140 e. The lowest BCUT2D eigenvalue weighted by molar-refractivity contribution is 0.385. The first-order chi connectivity index (χ1) is 15.2. The molecule has 3 heterocycles. The van der Waals surface area contributed by atoms with Gasteiger partial charge in [0.1, 0.15) is 24.3 Å². The number of hydrogen-bond acceptors (Lipinski definition) is 6.